The first kappa shape index (κ1) is 22.8. The highest BCUT2D eigenvalue weighted by Crippen LogP contribution is 2.29. The van der Waals surface area contributed by atoms with E-state index in [1.807, 2.05) is 30.3 Å². The second-order valence-corrected chi connectivity index (χ2v) is 7.70. The van der Waals surface area contributed by atoms with Crippen LogP contribution in [0.1, 0.15) is 21.7 Å². The molecule has 12 nitrogen and oxygen atoms in total. The van der Waals surface area contributed by atoms with Crippen molar-refractivity contribution in [2.24, 2.45) is 5.10 Å². The van der Waals surface area contributed by atoms with Crippen LogP contribution in [0.5, 0.6) is 11.5 Å². The van der Waals surface area contributed by atoms with Crippen LogP contribution in [0.3, 0.4) is 0 Å². The monoisotopic (exact) mass is 480 g/mol. The van der Waals surface area contributed by atoms with Crippen molar-refractivity contribution < 1.29 is 18.9 Å². The fraction of sp³-hybridized carbons (Fsp3) is 0.143. The molecule has 3 N–H and O–H groups in total. The lowest BCUT2D eigenvalue weighted by Gasteiger charge is -2.09. The van der Waals surface area contributed by atoms with Gasteiger partial charge in [-0.15, -0.1) is 16.9 Å². The zero-order valence-corrected chi connectivity index (χ0v) is 19.0. The molecule has 0 radical (unpaired) electrons. The number of nitrogens with zero attached hydrogens (tertiary/aromatic N) is 6. The molecule has 2 aromatic heterocycles. The molecule has 0 spiro atoms. The predicted octanol–water partition coefficient (Wildman–Crippen LogP) is 2.31. The van der Waals surface area contributed by atoms with Gasteiger partial charge in [0.1, 0.15) is 0 Å². The number of hydrazone groups is 1. The molecule has 0 bridgehead atoms. The summed E-state index contributed by atoms with van der Waals surface area (Å²) in [7, 11) is 3.06. The van der Waals surface area contributed by atoms with Crippen molar-refractivity contribution in [3.8, 4) is 17.3 Å². The van der Waals surface area contributed by atoms with E-state index in [2.05, 4.69) is 35.8 Å². The Morgan fingerprint density at radius 3 is 2.71 bits per heavy atom. The number of rotatable bonds is 9. The SMILES string of the molecule is COc1cccc(/C=N\NC(=O)c2nnn(-c3nonc3N)c2CSc2ccccc2)c1OC. The normalized spacial score (nSPS) is 11.0. The van der Waals surface area contributed by atoms with Gasteiger partial charge in [0.2, 0.25) is 11.6 Å². The molecule has 174 valence electrons. The lowest BCUT2D eigenvalue weighted by atomic mass is 10.2. The topological polar surface area (TPSA) is 156 Å². The molecule has 34 heavy (non-hydrogen) atoms. The van der Waals surface area contributed by atoms with Gasteiger partial charge < -0.3 is 15.2 Å². The Morgan fingerprint density at radius 1 is 1.18 bits per heavy atom. The number of nitrogen functional groups attached to an aromatic ring is 1. The molecule has 4 aromatic rings. The van der Waals surface area contributed by atoms with Gasteiger partial charge in [0.05, 0.1) is 26.1 Å². The van der Waals surface area contributed by atoms with Gasteiger partial charge in [-0.1, -0.05) is 29.5 Å². The van der Waals surface area contributed by atoms with Crippen LogP contribution in [0.2, 0.25) is 0 Å². The van der Waals surface area contributed by atoms with E-state index in [0.29, 0.717) is 28.5 Å². The van der Waals surface area contributed by atoms with E-state index < -0.39 is 5.91 Å². The fourth-order valence-electron chi connectivity index (χ4n) is 3.01. The molecule has 2 heterocycles. The summed E-state index contributed by atoms with van der Waals surface area (Å²) in [6, 6.07) is 15.0. The van der Waals surface area contributed by atoms with E-state index in [1.54, 1.807) is 18.2 Å². The van der Waals surface area contributed by atoms with Crippen molar-refractivity contribution in [1.82, 2.24) is 30.7 Å². The largest absolute Gasteiger partial charge is 0.493 e. The number of thioether (sulfide) groups is 1. The van der Waals surface area contributed by atoms with Crippen molar-refractivity contribution in [1.29, 1.82) is 0 Å². The number of nitrogens with one attached hydrogen (secondary N) is 1. The van der Waals surface area contributed by atoms with E-state index in [-0.39, 0.29) is 17.3 Å². The average Bonchev–Trinajstić information content (AvgIpc) is 3.48. The van der Waals surface area contributed by atoms with Gasteiger partial charge in [0, 0.05) is 16.2 Å². The first-order valence-electron chi connectivity index (χ1n) is 9.87. The minimum atomic E-state index is -0.567. The zero-order valence-electron chi connectivity index (χ0n) is 18.2. The summed E-state index contributed by atoms with van der Waals surface area (Å²) in [5, 5.41) is 19.4. The standard InChI is InChI=1S/C21H20N8O4S/c1-31-16-10-6-7-13(18(16)32-2)11-23-25-21(30)17-15(12-34-14-8-4-3-5-9-14)29(28-24-17)20-19(22)26-33-27-20/h3-11H,12H2,1-2H3,(H2,22,26)(H,25,30)/b23-11-. The molecular formula is C21H20N8O4S. The molecule has 2 aromatic carbocycles. The molecule has 0 aliphatic carbocycles. The van der Waals surface area contributed by atoms with Gasteiger partial charge in [-0.3, -0.25) is 4.79 Å². The summed E-state index contributed by atoms with van der Waals surface area (Å²) in [5.41, 5.74) is 9.41. The summed E-state index contributed by atoms with van der Waals surface area (Å²) in [4.78, 5) is 13.9. The molecule has 0 atom stereocenters. The Bertz CT molecular complexity index is 1310. The second-order valence-electron chi connectivity index (χ2n) is 6.65. The third kappa shape index (κ3) is 4.83. The number of benzene rings is 2. The number of nitrogens with two attached hydrogens (primary N) is 1. The molecular weight excluding hydrogens is 460 g/mol. The van der Waals surface area contributed by atoms with Gasteiger partial charge in [-0.25, -0.2) is 10.1 Å². The lowest BCUT2D eigenvalue weighted by molar-refractivity contribution is 0.0949. The Hall–Kier alpha value is -4.39. The summed E-state index contributed by atoms with van der Waals surface area (Å²) >= 11 is 1.49. The first-order chi connectivity index (χ1) is 16.6. The Labute approximate surface area is 198 Å². The first-order valence-corrected chi connectivity index (χ1v) is 10.9. The van der Waals surface area contributed by atoms with Gasteiger partial charge in [-0.05, 0) is 34.6 Å². The van der Waals surface area contributed by atoms with Crippen molar-refractivity contribution in [3.05, 3.63) is 65.5 Å². The van der Waals surface area contributed by atoms with Gasteiger partial charge in [0.15, 0.2) is 17.2 Å². The lowest BCUT2D eigenvalue weighted by Crippen LogP contribution is -2.20. The number of methoxy groups -OCH3 is 2. The van der Waals surface area contributed by atoms with Crippen molar-refractivity contribution in [2.75, 3.05) is 20.0 Å². The summed E-state index contributed by atoms with van der Waals surface area (Å²) in [6.07, 6.45) is 1.45. The molecule has 0 unspecified atom stereocenters. The van der Waals surface area contributed by atoms with E-state index >= 15 is 0 Å². The van der Waals surface area contributed by atoms with Gasteiger partial charge in [-0.2, -0.15) is 9.78 Å². The summed E-state index contributed by atoms with van der Waals surface area (Å²) in [5.74, 6) is 0.968. The van der Waals surface area contributed by atoms with E-state index in [9.17, 15) is 4.79 Å². The number of aromatic nitrogens is 5. The maximum absolute atomic E-state index is 12.9. The number of hydrogen-bond acceptors (Lipinski definition) is 11. The Kier molecular flexibility index (Phi) is 7.03. The highest BCUT2D eigenvalue weighted by Gasteiger charge is 2.24. The van der Waals surface area contributed by atoms with Gasteiger partial charge >= 0.3 is 0 Å². The van der Waals surface area contributed by atoms with Gasteiger partial charge in [0.25, 0.3) is 5.91 Å². The third-order valence-electron chi connectivity index (χ3n) is 4.60. The predicted molar refractivity (Wildman–Crippen MR) is 124 cm³/mol. The minimum absolute atomic E-state index is 0.0194. The molecule has 13 heteroatoms. The number of anilines is 1. The van der Waals surface area contributed by atoms with Crippen molar-refractivity contribution in [2.45, 2.75) is 10.6 Å². The molecule has 4 rings (SSSR count). The molecule has 0 saturated carbocycles. The molecule has 0 aliphatic rings. The summed E-state index contributed by atoms with van der Waals surface area (Å²) in [6.45, 7) is 0. The zero-order chi connectivity index (χ0) is 23.9. The maximum Gasteiger partial charge on any atom is 0.293 e. The number of carbonyl (C=O) groups is 1. The van der Waals surface area contributed by atoms with Crippen LogP contribution in [0, 0.1) is 0 Å². The Morgan fingerprint density at radius 2 is 2.00 bits per heavy atom. The minimum Gasteiger partial charge on any atom is -0.493 e. The van der Waals surface area contributed by atoms with E-state index in [0.717, 1.165) is 4.90 Å². The average molecular weight is 481 g/mol. The van der Waals surface area contributed by atoms with Crippen molar-refractivity contribution in [3.63, 3.8) is 0 Å². The number of amides is 1. The molecule has 0 fully saturated rings. The quantitative estimate of drug-likeness (QED) is 0.207. The number of para-hydroxylation sites is 1. The molecule has 0 saturated heterocycles. The third-order valence-corrected chi connectivity index (χ3v) is 5.62. The molecule has 1 amide bonds. The van der Waals surface area contributed by atoms with Crippen LogP contribution < -0.4 is 20.6 Å². The molecule has 0 aliphatic heterocycles. The number of hydrogen-bond donors (Lipinski definition) is 2. The van der Waals surface area contributed by atoms with Crippen LogP contribution in [0.4, 0.5) is 5.82 Å². The van der Waals surface area contributed by atoms with E-state index in [4.69, 9.17) is 15.2 Å². The number of ether oxygens (including phenoxy) is 2. The van der Waals surface area contributed by atoms with Crippen LogP contribution >= 0.6 is 11.8 Å². The van der Waals surface area contributed by atoms with Crippen LogP contribution in [-0.4, -0.2) is 51.6 Å². The van der Waals surface area contributed by atoms with Crippen LogP contribution in [0.15, 0.2) is 63.2 Å². The van der Waals surface area contributed by atoms with Crippen molar-refractivity contribution >= 4 is 29.7 Å². The number of carbonyl (C=O) groups excluding carboxylic acids is 1. The van der Waals surface area contributed by atoms with Crippen LogP contribution in [0.25, 0.3) is 5.82 Å². The van der Waals surface area contributed by atoms with E-state index in [1.165, 1.54) is 36.9 Å². The smallest absolute Gasteiger partial charge is 0.293 e. The highest BCUT2D eigenvalue weighted by molar-refractivity contribution is 7.98. The highest BCUT2D eigenvalue weighted by atomic mass is 32.2. The van der Waals surface area contributed by atoms with Crippen LogP contribution in [-0.2, 0) is 5.75 Å². The maximum atomic E-state index is 12.9. The fourth-order valence-corrected chi connectivity index (χ4v) is 3.92. The second kappa shape index (κ2) is 10.5. The Balaban J connectivity index is 1.58. The summed E-state index contributed by atoms with van der Waals surface area (Å²) < 4.78 is 16.6.